The number of carbonyl (C=O) groups excluding carboxylic acids is 3. The number of aromatic nitrogens is 2. The quantitative estimate of drug-likeness (QED) is 0.204. The molecule has 2 aliphatic heterocycles. The van der Waals surface area contributed by atoms with E-state index in [4.69, 9.17) is 28.9 Å². The molecule has 8 aliphatic carbocycles. The Labute approximate surface area is 382 Å². The van der Waals surface area contributed by atoms with Gasteiger partial charge in [-0.15, -0.1) is 0 Å². The largest absolute Gasteiger partial charge is 0.469 e. The van der Waals surface area contributed by atoms with Crippen LogP contribution >= 0.6 is 0 Å². The van der Waals surface area contributed by atoms with Crippen LogP contribution in [0.4, 0.5) is 0 Å². The van der Waals surface area contributed by atoms with Gasteiger partial charge < -0.3 is 18.9 Å². The van der Waals surface area contributed by atoms with Crippen molar-refractivity contribution in [2.45, 2.75) is 176 Å². The molecule has 2 saturated heterocycles. The summed E-state index contributed by atoms with van der Waals surface area (Å²) in [6, 6.07) is 0. The minimum atomic E-state index is -0.548. The van der Waals surface area contributed by atoms with Crippen molar-refractivity contribution in [3.05, 3.63) is 46.1 Å². The highest BCUT2D eigenvalue weighted by molar-refractivity contribution is 5.90. The summed E-state index contributed by atoms with van der Waals surface area (Å²) >= 11 is 0. The lowest BCUT2D eigenvalue weighted by atomic mass is 9.45. The number of nitrogens with zero attached hydrogens (tertiary/aromatic N) is 2. The maximum atomic E-state index is 14.6. The van der Waals surface area contributed by atoms with Gasteiger partial charge in [0.2, 0.25) is 0 Å². The number of hydrogen-bond donors (Lipinski definition) is 0. The third kappa shape index (κ3) is 6.01. The number of fused-ring (bicyclic) bond motifs is 14. The minimum Gasteiger partial charge on any atom is -0.469 e. The lowest BCUT2D eigenvalue weighted by molar-refractivity contribution is -0.265. The zero-order valence-corrected chi connectivity index (χ0v) is 40.4. The van der Waals surface area contributed by atoms with Gasteiger partial charge in [0.1, 0.15) is 11.9 Å². The van der Waals surface area contributed by atoms with Crippen molar-refractivity contribution in [3.8, 4) is 0 Å². The maximum Gasteiger partial charge on any atom is 0.305 e. The first-order chi connectivity index (χ1) is 30.5. The second kappa shape index (κ2) is 15.0. The van der Waals surface area contributed by atoms with Gasteiger partial charge in [-0.05, 0) is 148 Å². The number of carbonyl (C=O) groups is 3. The van der Waals surface area contributed by atoms with Gasteiger partial charge in [-0.1, -0.05) is 71.8 Å². The number of hydrogen-bond acceptors (Lipinski definition) is 9. The lowest BCUT2D eigenvalue weighted by Crippen LogP contribution is -2.58. The van der Waals surface area contributed by atoms with E-state index in [1.165, 1.54) is 47.5 Å². The summed E-state index contributed by atoms with van der Waals surface area (Å²) in [5.74, 6) is 3.64. The fourth-order valence-electron chi connectivity index (χ4n) is 17.9. The van der Waals surface area contributed by atoms with E-state index in [0.717, 1.165) is 83.7 Å². The Hall–Kier alpha value is -2.91. The SMILES string of the molecule is CCC(=O)O[C@H]1C[C@H]2[C@@H](CC[C@H]3Cc4nc5c(nc4C[C@@]32C)C[C@H]2CC[C@H]3C4=CC[C@H]([C@H](C)CCC(=O)OC)[C@@]4(C)C(=O)C[C@@H]3[C@@]2(C)C5)C2=C[C@@H]3O[C@]4(CC[C@H](C)CO4)[C@@H](C)[C@@H]3[C@]21C. The molecule has 0 aromatic carbocycles. The summed E-state index contributed by atoms with van der Waals surface area (Å²) in [7, 11) is 1.46. The first kappa shape index (κ1) is 43.6. The van der Waals surface area contributed by atoms with Crippen molar-refractivity contribution in [1.82, 2.24) is 9.97 Å². The van der Waals surface area contributed by atoms with Gasteiger partial charge in [-0.25, -0.2) is 0 Å². The molecule has 6 fully saturated rings. The molecular formula is C55H76N2O7. The van der Waals surface area contributed by atoms with Crippen molar-refractivity contribution >= 4 is 17.7 Å². The van der Waals surface area contributed by atoms with E-state index >= 15 is 0 Å². The van der Waals surface area contributed by atoms with Gasteiger partial charge in [0, 0.05) is 42.9 Å². The van der Waals surface area contributed by atoms with Gasteiger partial charge in [0.25, 0.3) is 0 Å². The number of ketones is 1. The number of Topliss-reactive ketones (excluding diaryl/α,β-unsaturated/α-hetero) is 1. The van der Waals surface area contributed by atoms with E-state index in [2.05, 4.69) is 60.6 Å². The van der Waals surface area contributed by atoms with Crippen LogP contribution in [0.15, 0.2) is 23.3 Å². The Bertz CT molecular complexity index is 2190. The Kier molecular flexibility index (Phi) is 10.3. The van der Waals surface area contributed by atoms with Crippen LogP contribution in [0.3, 0.4) is 0 Å². The summed E-state index contributed by atoms with van der Waals surface area (Å²) in [6.07, 6.45) is 19.1. The van der Waals surface area contributed by atoms with Crippen LogP contribution < -0.4 is 0 Å². The number of esters is 2. The normalized spacial score (nSPS) is 47.5. The predicted octanol–water partition coefficient (Wildman–Crippen LogP) is 9.95. The van der Waals surface area contributed by atoms with Crippen molar-refractivity contribution in [1.29, 1.82) is 0 Å². The first-order valence-corrected chi connectivity index (χ1v) is 25.9. The highest BCUT2D eigenvalue weighted by Crippen LogP contribution is 2.70. The van der Waals surface area contributed by atoms with Gasteiger partial charge in [-0.3, -0.25) is 24.4 Å². The molecule has 11 rings (SSSR count). The molecule has 10 aliphatic rings. The lowest BCUT2D eigenvalue weighted by Gasteiger charge is -2.61. The summed E-state index contributed by atoms with van der Waals surface area (Å²) in [4.78, 5) is 51.3. The molecule has 0 unspecified atom stereocenters. The van der Waals surface area contributed by atoms with Crippen LogP contribution in [0, 0.1) is 86.8 Å². The molecule has 4 saturated carbocycles. The molecule has 0 N–H and O–H groups in total. The van der Waals surface area contributed by atoms with E-state index in [1.54, 1.807) is 0 Å². The molecule has 0 amide bonds. The summed E-state index contributed by atoms with van der Waals surface area (Å²) in [5.41, 5.74) is 7.02. The van der Waals surface area contributed by atoms with Crippen LogP contribution in [-0.2, 0) is 59.0 Å². The molecule has 1 aromatic heterocycles. The second-order valence-electron chi connectivity index (χ2n) is 24.3. The van der Waals surface area contributed by atoms with Crippen molar-refractivity contribution < 1.29 is 33.3 Å². The van der Waals surface area contributed by atoms with Crippen LogP contribution in [-0.4, -0.2) is 59.4 Å². The number of allylic oxidation sites excluding steroid dienone is 2. The fraction of sp³-hybridized carbons (Fsp3) is 0.800. The van der Waals surface area contributed by atoms with Crippen LogP contribution in [0.1, 0.15) is 155 Å². The average Bonchev–Trinajstić information content (AvgIpc) is 3.88. The fourth-order valence-corrected chi connectivity index (χ4v) is 17.9. The average molecular weight is 877 g/mol. The Morgan fingerprint density at radius 3 is 2.14 bits per heavy atom. The third-order valence-electron chi connectivity index (χ3n) is 21.7. The minimum absolute atomic E-state index is 0.00185. The smallest absolute Gasteiger partial charge is 0.305 e. The van der Waals surface area contributed by atoms with Crippen LogP contribution in [0.5, 0.6) is 0 Å². The van der Waals surface area contributed by atoms with E-state index in [0.29, 0.717) is 66.5 Å². The van der Waals surface area contributed by atoms with Crippen molar-refractivity contribution in [2.24, 2.45) is 86.8 Å². The Morgan fingerprint density at radius 1 is 0.859 bits per heavy atom. The molecule has 3 heterocycles. The molecule has 64 heavy (non-hydrogen) atoms. The molecule has 0 bridgehead atoms. The van der Waals surface area contributed by atoms with Gasteiger partial charge in [-0.2, -0.15) is 0 Å². The van der Waals surface area contributed by atoms with Crippen LogP contribution in [0.2, 0.25) is 0 Å². The molecule has 1 aromatic rings. The number of ether oxygens (including phenoxy) is 4. The van der Waals surface area contributed by atoms with E-state index in [9.17, 15) is 14.4 Å². The van der Waals surface area contributed by atoms with Crippen LogP contribution in [0.25, 0.3) is 0 Å². The summed E-state index contributed by atoms with van der Waals surface area (Å²) in [6.45, 7) is 19.2. The molecular weight excluding hydrogens is 801 g/mol. The molecule has 18 atom stereocenters. The van der Waals surface area contributed by atoms with Crippen molar-refractivity contribution in [3.63, 3.8) is 0 Å². The Morgan fingerprint density at radius 2 is 1.52 bits per heavy atom. The van der Waals surface area contributed by atoms with E-state index < -0.39 is 11.2 Å². The van der Waals surface area contributed by atoms with E-state index in [1.807, 2.05) is 6.92 Å². The molecule has 348 valence electrons. The topological polar surface area (TPSA) is 114 Å². The van der Waals surface area contributed by atoms with Gasteiger partial charge in [0.05, 0.1) is 48.0 Å². The molecule has 9 heteroatoms. The molecule has 9 nitrogen and oxygen atoms in total. The van der Waals surface area contributed by atoms with Gasteiger partial charge in [0.15, 0.2) is 5.79 Å². The van der Waals surface area contributed by atoms with Gasteiger partial charge >= 0.3 is 11.9 Å². The summed E-state index contributed by atoms with van der Waals surface area (Å²) < 4.78 is 25.3. The maximum absolute atomic E-state index is 14.6. The highest BCUT2D eigenvalue weighted by Gasteiger charge is 2.70. The van der Waals surface area contributed by atoms with E-state index in [-0.39, 0.29) is 64.1 Å². The third-order valence-corrected chi connectivity index (χ3v) is 21.7. The zero-order chi connectivity index (χ0) is 44.9. The molecule has 1 spiro atoms. The zero-order valence-electron chi connectivity index (χ0n) is 40.4. The predicted molar refractivity (Wildman–Crippen MR) is 242 cm³/mol. The number of rotatable bonds is 6. The first-order valence-electron chi connectivity index (χ1n) is 25.9. The van der Waals surface area contributed by atoms with Crippen molar-refractivity contribution in [2.75, 3.05) is 13.7 Å². The summed E-state index contributed by atoms with van der Waals surface area (Å²) in [5, 5.41) is 0. The second-order valence-corrected chi connectivity index (χ2v) is 24.3. The number of methoxy groups -OCH3 is 1. The highest BCUT2D eigenvalue weighted by atomic mass is 16.7. The standard InChI is InChI=1S/C55H76N2O7/c1-10-48(59)63-47-25-39-35(40-23-45-50(54(40,47)8)31(4)55(64-45)20-19-29(2)28-62-55)15-13-33-22-42-44(27-52(33,39)6)57-41-21-32-12-14-34-37-17-16-36(30(3)11-18-49(60)61-9)53(37,7)46(58)24-38(34)51(32,5)26-43(41)56-42/h17,23,29-36,38-39,45,47,50H,10-16,18-22,24-28H2,1-9H3/t29-,30+,31-,32+,33-,34-,35+,36+,38-,39-,45-,47-,50-,51-,52-,53+,54+,55+/m0/s1. The Balaban J connectivity index is 0.855. The molecule has 0 radical (unpaired) electrons. The monoisotopic (exact) mass is 877 g/mol.